The van der Waals surface area contributed by atoms with Crippen molar-refractivity contribution in [2.24, 2.45) is 0 Å². The van der Waals surface area contributed by atoms with E-state index >= 15 is 0 Å². The van der Waals surface area contributed by atoms with E-state index in [9.17, 15) is 0 Å². The van der Waals surface area contributed by atoms with Gasteiger partial charge in [-0.05, 0) is 0 Å². The average Bonchev–Trinajstić information content (AvgIpc) is 3.67. The Morgan fingerprint density at radius 3 is 1.12 bits per heavy atom. The molecule has 4 aromatic carbocycles. The van der Waals surface area contributed by atoms with Crippen molar-refractivity contribution in [1.82, 2.24) is 0 Å². The topological polar surface area (TPSA) is 0 Å². The zero-order valence-electron chi connectivity index (χ0n) is 32.4. The molecule has 252 valence electrons. The molecule has 2 aliphatic rings. The molecule has 0 N–H and O–H groups in total. The van der Waals surface area contributed by atoms with Gasteiger partial charge in [0.15, 0.2) is 0 Å². The first-order chi connectivity index (χ1) is 22.2. The number of aryl methyl sites for hydroxylation is 4. The van der Waals surface area contributed by atoms with Gasteiger partial charge in [0.05, 0.1) is 0 Å². The summed E-state index contributed by atoms with van der Waals surface area (Å²) in [5.41, 5.74) is 22.8. The van der Waals surface area contributed by atoms with Crippen LogP contribution in [0.5, 0.6) is 0 Å². The molecule has 0 fully saturated rings. The number of benzene rings is 4. The maximum atomic E-state index is 2.89. The van der Waals surface area contributed by atoms with Gasteiger partial charge in [0.25, 0.3) is 0 Å². The van der Waals surface area contributed by atoms with Crippen molar-refractivity contribution in [3.05, 3.63) is 127 Å². The minimum absolute atomic E-state index is 0.378. The Hall–Kier alpha value is -2.55. The summed E-state index contributed by atoms with van der Waals surface area (Å²) in [4.78, 5) is 0. The Labute approximate surface area is 288 Å². The van der Waals surface area contributed by atoms with Crippen LogP contribution in [0.15, 0.2) is 60.7 Å². The van der Waals surface area contributed by atoms with Crippen molar-refractivity contribution in [3.63, 3.8) is 0 Å². The fourth-order valence-corrected chi connectivity index (χ4v) is 51.8. The number of allylic oxidation sites excluding steroid dienone is 2. The summed E-state index contributed by atoms with van der Waals surface area (Å²) in [5.74, 6) is 0. The molecule has 2 heteroatoms. The molecule has 6 rings (SSSR count). The second-order valence-corrected chi connectivity index (χ2v) is 95.2. The molecule has 0 nitrogen and oxygen atoms in total. The van der Waals surface area contributed by atoms with E-state index in [-0.39, 0.29) is 0 Å². The molecular formula is C46H60HfSi. The van der Waals surface area contributed by atoms with Gasteiger partial charge in [-0.25, -0.2) is 0 Å². The van der Waals surface area contributed by atoms with Crippen LogP contribution in [0.3, 0.4) is 0 Å². The number of hydrogen-bond donors (Lipinski definition) is 0. The van der Waals surface area contributed by atoms with Gasteiger partial charge in [0.2, 0.25) is 0 Å². The third-order valence-electron chi connectivity index (χ3n) is 17.0. The molecule has 0 amide bonds. The van der Waals surface area contributed by atoms with Crippen molar-refractivity contribution < 1.29 is 14.2 Å². The summed E-state index contributed by atoms with van der Waals surface area (Å²) >= 11 is -5.29. The second-order valence-electron chi connectivity index (χ2n) is 19.2. The molecule has 2 atom stereocenters. The van der Waals surface area contributed by atoms with Crippen LogP contribution in [-0.2, 0) is 14.2 Å². The van der Waals surface area contributed by atoms with Gasteiger partial charge < -0.3 is 0 Å². The van der Waals surface area contributed by atoms with Crippen molar-refractivity contribution in [1.29, 1.82) is 0 Å². The molecule has 0 heterocycles. The first kappa shape index (κ1) is 35.3. The third-order valence-corrected chi connectivity index (χ3v) is 97.9. The summed E-state index contributed by atoms with van der Waals surface area (Å²) in [6.45, 7) is 31.3. The molecule has 0 radical (unpaired) electrons. The molecule has 2 unspecified atom stereocenters. The van der Waals surface area contributed by atoms with Gasteiger partial charge in [-0.3, -0.25) is 0 Å². The first-order valence-electron chi connectivity index (χ1n) is 18.4. The van der Waals surface area contributed by atoms with Gasteiger partial charge in [0, 0.05) is 0 Å². The Morgan fingerprint density at radius 1 is 0.521 bits per heavy atom. The number of fused-ring (bicyclic) bond motifs is 2. The Balaban J connectivity index is 1.68. The van der Waals surface area contributed by atoms with Gasteiger partial charge in [-0.1, -0.05) is 0 Å². The van der Waals surface area contributed by atoms with Crippen molar-refractivity contribution in [2.45, 2.75) is 107 Å². The molecule has 0 aliphatic heterocycles. The fraction of sp³-hybridized carbons (Fsp3) is 0.391. The second kappa shape index (κ2) is 10.3. The van der Waals surface area contributed by atoms with Gasteiger partial charge in [0.1, 0.15) is 0 Å². The van der Waals surface area contributed by atoms with Crippen LogP contribution in [0.1, 0.15) is 102 Å². The van der Waals surface area contributed by atoms with Crippen LogP contribution in [-0.4, -0.2) is 6.94 Å². The summed E-state index contributed by atoms with van der Waals surface area (Å²) in [6, 6.07) is 19.2. The summed E-state index contributed by atoms with van der Waals surface area (Å²) < 4.78 is 7.59. The zero-order valence-corrected chi connectivity index (χ0v) is 37.5. The monoisotopic (exact) mass is 820 g/mol. The maximum absolute atomic E-state index is 5.29. The first-order valence-corrected chi connectivity index (χ1v) is 42.3. The summed E-state index contributed by atoms with van der Waals surface area (Å²) in [7, 11) is 0. The normalized spacial score (nSPS) is 19.3. The third kappa shape index (κ3) is 4.03. The fourth-order valence-electron chi connectivity index (χ4n) is 10.9. The molecule has 0 aromatic heterocycles. The predicted molar refractivity (Wildman–Crippen MR) is 216 cm³/mol. The molecule has 4 aromatic rings. The van der Waals surface area contributed by atoms with Crippen molar-refractivity contribution in [2.75, 3.05) is 0 Å². The summed E-state index contributed by atoms with van der Waals surface area (Å²) in [6.07, 6.45) is 10.4. The quantitative estimate of drug-likeness (QED) is 0.170. The average molecular weight is 820 g/mol. The minimum atomic E-state index is -5.29. The van der Waals surface area contributed by atoms with Crippen LogP contribution < -0.4 is 0 Å². The molecule has 0 saturated carbocycles. The van der Waals surface area contributed by atoms with E-state index in [2.05, 4.69) is 172 Å². The molecule has 2 aliphatic carbocycles. The molecular weight excluding hydrogens is 759 g/mol. The van der Waals surface area contributed by atoms with Crippen molar-refractivity contribution >= 4 is 19.1 Å². The summed E-state index contributed by atoms with van der Waals surface area (Å²) in [5, 5.41) is 0. The standard InChI is InChI=1S/2C19H19.2C3H7.2CH3.Hf.H2Si/c2*1-12-11-13(2)15(4)19(14(12)3)18-10-6-8-16-7-5-9-17(16)18;2*1-3-2;;;;/h2*5-11H,1-4H3;2*3H,1-2H3;2*1H3;;1H2. The van der Waals surface area contributed by atoms with E-state index in [0.29, 0.717) is 14.7 Å². The van der Waals surface area contributed by atoms with E-state index < -0.39 is 14.2 Å². The zero-order chi connectivity index (χ0) is 35.4. The number of hydrogen-bond acceptors (Lipinski definition) is 0. The van der Waals surface area contributed by atoms with E-state index in [1.165, 1.54) is 77.9 Å². The molecule has 0 bridgehead atoms. The van der Waals surface area contributed by atoms with E-state index in [4.69, 9.17) is 0 Å². The Morgan fingerprint density at radius 2 is 0.833 bits per heavy atom. The Bertz CT molecular complexity index is 2050. The molecule has 0 spiro atoms. The van der Waals surface area contributed by atoms with Crippen LogP contribution in [0.25, 0.3) is 34.4 Å². The number of rotatable bonds is 6. The van der Waals surface area contributed by atoms with Gasteiger partial charge in [-0.15, -0.1) is 0 Å². The van der Waals surface area contributed by atoms with E-state index in [0.717, 1.165) is 0 Å². The molecule has 0 saturated heterocycles. The van der Waals surface area contributed by atoms with Crippen LogP contribution in [0.2, 0.25) is 16.7 Å². The van der Waals surface area contributed by atoms with Gasteiger partial charge in [-0.2, -0.15) is 0 Å². The van der Waals surface area contributed by atoms with Crippen LogP contribution >= 0.6 is 0 Å². The predicted octanol–water partition coefficient (Wildman–Crippen LogP) is 13.4. The van der Waals surface area contributed by atoms with Crippen LogP contribution in [0.4, 0.5) is 0 Å². The molecule has 48 heavy (non-hydrogen) atoms. The van der Waals surface area contributed by atoms with Crippen molar-refractivity contribution in [3.8, 4) is 22.3 Å². The van der Waals surface area contributed by atoms with Gasteiger partial charge >= 0.3 is 290 Å². The van der Waals surface area contributed by atoms with E-state index in [1.54, 1.807) is 11.1 Å². The Kier molecular flexibility index (Phi) is 7.54. The van der Waals surface area contributed by atoms with E-state index in [1.807, 2.05) is 0 Å². The SMILES string of the molecule is Cc1cc(C)c(C)c(-c2cccc3c2C=C[CH]3[Hf]([CH3])([CH3])(=[SiH2])([CH](C)C)([CH](C)C)[CH]2C=Cc3c(-c4c(C)c(C)cc(C)c4C)cccc32)c1C. The van der Waals surface area contributed by atoms with Crippen LogP contribution in [0, 0.1) is 55.4 Å².